The Hall–Kier alpha value is -1.34. The van der Waals surface area contributed by atoms with Crippen LogP contribution >= 0.6 is 22.6 Å². The molecule has 0 saturated carbocycles. The molecule has 0 aliphatic heterocycles. The van der Waals surface area contributed by atoms with Gasteiger partial charge in [-0.05, 0) is 59.8 Å². The first kappa shape index (κ1) is 13.6. The first-order chi connectivity index (χ1) is 9.51. The van der Waals surface area contributed by atoms with E-state index < -0.39 is 10.0 Å². The van der Waals surface area contributed by atoms with Crippen molar-refractivity contribution in [3.63, 3.8) is 0 Å². The summed E-state index contributed by atoms with van der Waals surface area (Å²) in [6.45, 7) is 1.82. The first-order valence-corrected chi connectivity index (χ1v) is 8.61. The standard InChI is InChI=1S/C15H12INO2S/c1-11-10-13-14(16)8-5-9-15(13)17(11)20(18,19)12-6-3-2-4-7-12/h2-10H,1H3. The Bertz CT molecular complexity index is 883. The lowest BCUT2D eigenvalue weighted by Gasteiger charge is -2.09. The first-order valence-electron chi connectivity index (χ1n) is 6.09. The molecule has 0 atom stereocenters. The van der Waals surface area contributed by atoms with Crippen molar-refractivity contribution in [1.82, 2.24) is 3.97 Å². The molecule has 0 fully saturated rings. The Morgan fingerprint density at radius 1 is 1.00 bits per heavy atom. The second kappa shape index (κ2) is 4.89. The highest BCUT2D eigenvalue weighted by Gasteiger charge is 2.21. The molecule has 0 amide bonds. The van der Waals surface area contributed by atoms with Crippen molar-refractivity contribution in [3.05, 3.63) is 63.9 Å². The molecular weight excluding hydrogens is 385 g/mol. The maximum absolute atomic E-state index is 12.8. The van der Waals surface area contributed by atoms with Crippen LogP contribution in [0.25, 0.3) is 10.9 Å². The number of rotatable bonds is 2. The van der Waals surface area contributed by atoms with E-state index >= 15 is 0 Å². The van der Waals surface area contributed by atoms with Gasteiger partial charge in [-0.1, -0.05) is 24.3 Å². The van der Waals surface area contributed by atoms with Crippen LogP contribution in [0.4, 0.5) is 0 Å². The summed E-state index contributed by atoms with van der Waals surface area (Å²) in [5, 5.41) is 0.963. The molecule has 3 aromatic rings. The average molecular weight is 397 g/mol. The van der Waals surface area contributed by atoms with Crippen LogP contribution < -0.4 is 0 Å². The van der Waals surface area contributed by atoms with Gasteiger partial charge in [0.25, 0.3) is 10.0 Å². The highest BCUT2D eigenvalue weighted by Crippen LogP contribution is 2.28. The molecule has 1 aromatic heterocycles. The van der Waals surface area contributed by atoms with E-state index in [0.717, 1.165) is 14.5 Å². The van der Waals surface area contributed by atoms with Crippen molar-refractivity contribution in [1.29, 1.82) is 0 Å². The zero-order valence-corrected chi connectivity index (χ0v) is 13.7. The van der Waals surface area contributed by atoms with Crippen LogP contribution in [0, 0.1) is 10.5 Å². The number of nitrogens with zero attached hydrogens (tertiary/aromatic N) is 1. The van der Waals surface area contributed by atoms with Crippen LogP contribution in [0.2, 0.25) is 0 Å². The van der Waals surface area contributed by atoms with Crippen LogP contribution in [0.3, 0.4) is 0 Å². The lowest BCUT2D eigenvalue weighted by Crippen LogP contribution is -2.14. The molecule has 5 heteroatoms. The number of halogens is 1. The lowest BCUT2D eigenvalue weighted by atomic mass is 10.2. The molecule has 0 aliphatic carbocycles. The van der Waals surface area contributed by atoms with Gasteiger partial charge < -0.3 is 0 Å². The summed E-state index contributed by atoms with van der Waals surface area (Å²) in [5.74, 6) is 0. The third-order valence-electron chi connectivity index (χ3n) is 3.20. The van der Waals surface area contributed by atoms with Gasteiger partial charge in [-0.2, -0.15) is 0 Å². The van der Waals surface area contributed by atoms with E-state index in [2.05, 4.69) is 22.6 Å². The largest absolute Gasteiger partial charge is 0.268 e. The summed E-state index contributed by atoms with van der Waals surface area (Å²) < 4.78 is 28.1. The molecule has 102 valence electrons. The van der Waals surface area contributed by atoms with Gasteiger partial charge in [0.1, 0.15) is 0 Å². The summed E-state index contributed by atoms with van der Waals surface area (Å²) in [6, 6.07) is 16.1. The topological polar surface area (TPSA) is 39.1 Å². The quantitative estimate of drug-likeness (QED) is 0.618. The van der Waals surface area contributed by atoms with Crippen molar-refractivity contribution < 1.29 is 8.42 Å². The van der Waals surface area contributed by atoms with E-state index in [0.29, 0.717) is 10.6 Å². The zero-order chi connectivity index (χ0) is 14.3. The highest BCUT2D eigenvalue weighted by molar-refractivity contribution is 14.1. The number of hydrogen-bond acceptors (Lipinski definition) is 2. The second-order valence-electron chi connectivity index (χ2n) is 4.54. The molecule has 0 spiro atoms. The van der Waals surface area contributed by atoms with Gasteiger partial charge in [0.2, 0.25) is 0 Å². The number of fused-ring (bicyclic) bond motifs is 1. The molecule has 0 unspecified atom stereocenters. The average Bonchev–Trinajstić information content (AvgIpc) is 2.78. The van der Waals surface area contributed by atoms with Crippen molar-refractivity contribution in [3.8, 4) is 0 Å². The second-order valence-corrected chi connectivity index (χ2v) is 7.49. The predicted octanol–water partition coefficient (Wildman–Crippen LogP) is 3.79. The summed E-state index contributed by atoms with van der Waals surface area (Å²) in [6.07, 6.45) is 0. The minimum Gasteiger partial charge on any atom is -0.238 e. The van der Waals surface area contributed by atoms with Crippen molar-refractivity contribution >= 4 is 43.5 Å². The van der Waals surface area contributed by atoms with Gasteiger partial charge in [-0.25, -0.2) is 12.4 Å². The number of benzene rings is 2. The molecule has 1 heterocycles. The molecule has 3 nitrogen and oxygen atoms in total. The molecule has 0 bridgehead atoms. The van der Waals surface area contributed by atoms with Crippen LogP contribution in [-0.2, 0) is 10.0 Å². The van der Waals surface area contributed by atoms with E-state index in [4.69, 9.17) is 0 Å². The Balaban J connectivity index is 2.36. The molecule has 3 rings (SSSR count). The van der Waals surface area contributed by atoms with Gasteiger partial charge in [-0.3, -0.25) is 0 Å². The predicted molar refractivity (Wildman–Crippen MR) is 88.4 cm³/mol. The normalized spacial score (nSPS) is 11.9. The molecule has 0 saturated heterocycles. The summed E-state index contributed by atoms with van der Waals surface area (Å²) in [7, 11) is -3.56. The third-order valence-corrected chi connectivity index (χ3v) is 5.98. The van der Waals surface area contributed by atoms with Gasteiger partial charge in [-0.15, -0.1) is 0 Å². The third kappa shape index (κ3) is 2.05. The molecule has 20 heavy (non-hydrogen) atoms. The Kier molecular flexibility index (Phi) is 3.33. The van der Waals surface area contributed by atoms with Crippen LogP contribution in [-0.4, -0.2) is 12.4 Å². The minimum atomic E-state index is -3.56. The van der Waals surface area contributed by atoms with Gasteiger partial charge >= 0.3 is 0 Å². The van der Waals surface area contributed by atoms with E-state index in [9.17, 15) is 8.42 Å². The summed E-state index contributed by atoms with van der Waals surface area (Å²) in [4.78, 5) is 0.305. The van der Waals surface area contributed by atoms with Crippen molar-refractivity contribution in [2.45, 2.75) is 11.8 Å². The maximum Gasteiger partial charge on any atom is 0.268 e. The monoisotopic (exact) mass is 397 g/mol. The molecule has 0 aliphatic rings. The Morgan fingerprint density at radius 2 is 1.70 bits per heavy atom. The minimum absolute atomic E-state index is 0.305. The van der Waals surface area contributed by atoms with E-state index in [-0.39, 0.29) is 0 Å². The smallest absolute Gasteiger partial charge is 0.238 e. The summed E-state index contributed by atoms with van der Waals surface area (Å²) >= 11 is 2.22. The maximum atomic E-state index is 12.8. The van der Waals surface area contributed by atoms with Gasteiger partial charge in [0.05, 0.1) is 10.4 Å². The van der Waals surface area contributed by atoms with Gasteiger partial charge in [0, 0.05) is 14.7 Å². The van der Waals surface area contributed by atoms with Crippen LogP contribution in [0.1, 0.15) is 5.69 Å². The molecule has 0 radical (unpaired) electrons. The zero-order valence-electron chi connectivity index (χ0n) is 10.7. The number of aromatic nitrogens is 1. The van der Waals surface area contributed by atoms with E-state index in [1.54, 1.807) is 24.3 Å². The highest BCUT2D eigenvalue weighted by atomic mass is 127. The fraction of sp³-hybridized carbons (Fsp3) is 0.0667. The van der Waals surface area contributed by atoms with Gasteiger partial charge in [0.15, 0.2) is 0 Å². The Labute approximate surface area is 131 Å². The SMILES string of the molecule is Cc1cc2c(I)cccc2n1S(=O)(=O)c1ccccc1. The molecule has 0 N–H and O–H groups in total. The molecule has 2 aromatic carbocycles. The lowest BCUT2D eigenvalue weighted by molar-refractivity contribution is 0.588. The van der Waals surface area contributed by atoms with Crippen LogP contribution in [0.15, 0.2) is 59.5 Å². The Morgan fingerprint density at radius 3 is 2.40 bits per heavy atom. The number of hydrogen-bond donors (Lipinski definition) is 0. The van der Waals surface area contributed by atoms with E-state index in [1.165, 1.54) is 3.97 Å². The fourth-order valence-electron chi connectivity index (χ4n) is 2.32. The van der Waals surface area contributed by atoms with Crippen LogP contribution in [0.5, 0.6) is 0 Å². The summed E-state index contributed by atoms with van der Waals surface area (Å²) in [5.41, 5.74) is 1.44. The number of aryl methyl sites for hydroxylation is 1. The molecular formula is C15H12INO2S. The van der Waals surface area contributed by atoms with E-state index in [1.807, 2.05) is 37.3 Å². The van der Waals surface area contributed by atoms with Crippen molar-refractivity contribution in [2.24, 2.45) is 0 Å². The van der Waals surface area contributed by atoms with Crippen molar-refractivity contribution in [2.75, 3.05) is 0 Å². The fourth-order valence-corrected chi connectivity index (χ4v) is 4.52.